The fourth-order valence-electron chi connectivity index (χ4n) is 3.97. The number of ether oxygens (including phenoxy) is 4. The summed E-state index contributed by atoms with van der Waals surface area (Å²) in [6, 6.07) is -0.938. The first-order valence-corrected chi connectivity index (χ1v) is 9.97. The number of carbonyl (C=O) groups excluding carboxylic acids is 1. The van der Waals surface area contributed by atoms with Crippen LogP contribution in [0.1, 0.15) is 27.7 Å². The van der Waals surface area contributed by atoms with E-state index in [-0.39, 0.29) is 0 Å². The van der Waals surface area contributed by atoms with Gasteiger partial charge in [-0.25, -0.2) is 4.79 Å². The van der Waals surface area contributed by atoms with Gasteiger partial charge in [-0.2, -0.15) is 0 Å². The van der Waals surface area contributed by atoms with Gasteiger partial charge in [0.2, 0.25) is 5.91 Å². The Kier molecular flexibility index (Phi) is 8.39. The van der Waals surface area contributed by atoms with Crippen LogP contribution in [-0.4, -0.2) is 112 Å². The normalized spacial score (nSPS) is 41.6. The number of aliphatic carboxylic acids is 1. The quantitative estimate of drug-likeness (QED) is 0.253. The largest absolute Gasteiger partial charge is 0.479 e. The highest BCUT2D eigenvalue weighted by Gasteiger charge is 2.54. The third-order valence-corrected chi connectivity index (χ3v) is 5.47. The van der Waals surface area contributed by atoms with E-state index < -0.39 is 85.1 Å². The highest BCUT2D eigenvalue weighted by molar-refractivity contribution is 5.74. The van der Waals surface area contributed by atoms with Crippen LogP contribution >= 0.6 is 0 Å². The lowest BCUT2D eigenvalue weighted by Crippen LogP contribution is -2.69. The van der Waals surface area contributed by atoms with Gasteiger partial charge in [-0.05, 0) is 5.41 Å². The summed E-state index contributed by atoms with van der Waals surface area (Å²) in [5.74, 6) is -1.89. The number of carbonyl (C=O) groups is 2. The lowest BCUT2D eigenvalue weighted by molar-refractivity contribution is -0.331. The van der Waals surface area contributed by atoms with Crippen molar-refractivity contribution >= 4 is 11.9 Å². The fourth-order valence-corrected chi connectivity index (χ4v) is 3.97. The van der Waals surface area contributed by atoms with Crippen molar-refractivity contribution < 1.29 is 54.1 Å². The van der Waals surface area contributed by atoms with Gasteiger partial charge in [-0.1, -0.05) is 20.8 Å². The first-order valence-electron chi connectivity index (χ1n) is 9.97. The zero-order valence-corrected chi connectivity index (χ0v) is 18.2. The minimum absolute atomic E-state index is 0.445. The number of methoxy groups -OCH3 is 1. The maximum atomic E-state index is 11.9. The van der Waals surface area contributed by atoms with E-state index in [9.17, 15) is 35.1 Å². The first kappa shape index (κ1) is 25.9. The van der Waals surface area contributed by atoms with E-state index in [4.69, 9.17) is 18.9 Å². The number of aliphatic hydroxyl groups excluding tert-OH is 4. The molecular formula is C19H33NO11. The molecule has 2 rings (SSSR count). The van der Waals surface area contributed by atoms with Crippen molar-refractivity contribution in [2.45, 2.75) is 88.9 Å². The van der Waals surface area contributed by atoms with Gasteiger partial charge in [0.25, 0.3) is 0 Å². The zero-order valence-electron chi connectivity index (χ0n) is 18.2. The number of nitrogens with one attached hydrogen (secondary N) is 1. The van der Waals surface area contributed by atoms with Gasteiger partial charge in [0.1, 0.15) is 36.6 Å². The summed E-state index contributed by atoms with van der Waals surface area (Å²) in [7, 11) is 1.16. The molecule has 0 aromatic rings. The third kappa shape index (κ3) is 5.52. The molecule has 0 bridgehead atoms. The fraction of sp³-hybridized carbons (Fsp3) is 0.895. The van der Waals surface area contributed by atoms with E-state index >= 15 is 0 Å². The van der Waals surface area contributed by atoms with Gasteiger partial charge >= 0.3 is 5.97 Å². The van der Waals surface area contributed by atoms with Crippen molar-refractivity contribution in [1.29, 1.82) is 0 Å². The smallest absolute Gasteiger partial charge is 0.335 e. The number of rotatable bonds is 6. The lowest BCUT2D eigenvalue weighted by Gasteiger charge is -2.50. The van der Waals surface area contributed by atoms with Gasteiger partial charge < -0.3 is 49.8 Å². The Labute approximate surface area is 180 Å². The molecule has 12 nitrogen and oxygen atoms in total. The molecule has 6 N–H and O–H groups in total. The highest BCUT2D eigenvalue weighted by Crippen LogP contribution is 2.36. The van der Waals surface area contributed by atoms with Crippen LogP contribution in [0.25, 0.3) is 0 Å². The molecule has 2 saturated heterocycles. The first-order chi connectivity index (χ1) is 14.3. The average Bonchev–Trinajstić information content (AvgIpc) is 2.66. The van der Waals surface area contributed by atoms with E-state index in [1.165, 1.54) is 6.92 Å². The van der Waals surface area contributed by atoms with Gasteiger partial charge in [-0.3, -0.25) is 4.79 Å². The van der Waals surface area contributed by atoms with E-state index in [1.807, 2.05) is 20.8 Å². The summed E-state index contributed by atoms with van der Waals surface area (Å²) in [6.45, 7) is 6.19. The predicted octanol–water partition coefficient (Wildman–Crippen LogP) is -2.41. The lowest BCUT2D eigenvalue weighted by atomic mass is 9.78. The maximum Gasteiger partial charge on any atom is 0.335 e. The predicted molar refractivity (Wildman–Crippen MR) is 103 cm³/mol. The van der Waals surface area contributed by atoms with E-state index in [1.54, 1.807) is 0 Å². The monoisotopic (exact) mass is 451 g/mol. The van der Waals surface area contributed by atoms with Crippen LogP contribution in [0.3, 0.4) is 0 Å². The maximum absolute atomic E-state index is 11.9. The molecule has 0 radical (unpaired) electrons. The van der Waals surface area contributed by atoms with Gasteiger partial charge in [0.15, 0.2) is 12.4 Å². The van der Waals surface area contributed by atoms with E-state index in [2.05, 4.69) is 5.32 Å². The second kappa shape index (κ2) is 10.0. The molecule has 31 heavy (non-hydrogen) atoms. The van der Waals surface area contributed by atoms with Gasteiger partial charge in [0, 0.05) is 14.0 Å². The Bertz CT molecular complexity index is 639. The number of aliphatic hydroxyl groups is 4. The minimum atomic E-state index is -1.71. The number of hydrogen-bond donors (Lipinski definition) is 6. The molecule has 0 aromatic heterocycles. The molecule has 12 heteroatoms. The Morgan fingerprint density at radius 1 is 1.03 bits per heavy atom. The van der Waals surface area contributed by atoms with Crippen LogP contribution < -0.4 is 5.32 Å². The zero-order chi connectivity index (χ0) is 23.7. The van der Waals surface area contributed by atoms with Crippen LogP contribution in [0.5, 0.6) is 0 Å². The van der Waals surface area contributed by atoms with E-state index in [0.717, 1.165) is 7.11 Å². The molecule has 10 unspecified atom stereocenters. The number of carboxylic acid groups (broad SMARTS) is 1. The molecule has 180 valence electrons. The second-order valence-corrected chi connectivity index (χ2v) is 8.91. The van der Waals surface area contributed by atoms with Crippen LogP contribution in [0.4, 0.5) is 0 Å². The van der Waals surface area contributed by atoms with Crippen LogP contribution in [-0.2, 0) is 28.5 Å². The summed E-state index contributed by atoms with van der Waals surface area (Å²) < 4.78 is 21.9. The van der Waals surface area contributed by atoms with Crippen molar-refractivity contribution in [3.63, 3.8) is 0 Å². The average molecular weight is 451 g/mol. The van der Waals surface area contributed by atoms with Crippen LogP contribution in [0, 0.1) is 5.41 Å². The summed E-state index contributed by atoms with van der Waals surface area (Å²) in [6.07, 6.45) is -12.6. The van der Waals surface area contributed by atoms with E-state index in [0.29, 0.717) is 0 Å². The molecule has 2 aliphatic rings. The molecule has 2 heterocycles. The summed E-state index contributed by atoms with van der Waals surface area (Å²) in [5.41, 5.74) is -0.571. The molecule has 2 fully saturated rings. The SMILES string of the molecule is COC1C(C(=O)O)OC(OC2C(O)C(CO)OC(C(C)(C)C)C2NC(C)=O)C(O)C1O. The van der Waals surface area contributed by atoms with Gasteiger partial charge in [0.05, 0.1) is 18.8 Å². The standard InChI is InChI=1S/C19H33NO11/c1-7(22)20-9-13(10(23)8(6-21)29-16(9)19(2,3)4)30-18-12(25)11(24)14(28-5)15(31-18)17(26)27/h8-16,18,21,23-25H,6H2,1-5H3,(H,20,22)(H,26,27). The Hall–Kier alpha value is -1.38. The topological polar surface area (TPSA) is 184 Å². The van der Waals surface area contributed by atoms with Crippen molar-refractivity contribution in [1.82, 2.24) is 5.32 Å². The summed E-state index contributed by atoms with van der Waals surface area (Å²) in [4.78, 5) is 23.4. The number of amides is 1. The molecule has 2 aliphatic heterocycles. The Morgan fingerprint density at radius 3 is 2.10 bits per heavy atom. The summed E-state index contributed by atoms with van der Waals surface area (Å²) in [5, 5.41) is 53.3. The number of carboxylic acids is 1. The molecule has 1 amide bonds. The second-order valence-electron chi connectivity index (χ2n) is 8.91. The third-order valence-electron chi connectivity index (χ3n) is 5.47. The molecular weight excluding hydrogens is 418 g/mol. The molecule has 0 spiro atoms. The molecule has 10 atom stereocenters. The molecule has 0 saturated carbocycles. The molecule has 0 aliphatic carbocycles. The van der Waals surface area contributed by atoms with Crippen molar-refractivity contribution in [3.05, 3.63) is 0 Å². The van der Waals surface area contributed by atoms with Crippen LogP contribution in [0.2, 0.25) is 0 Å². The number of hydrogen-bond acceptors (Lipinski definition) is 10. The summed E-state index contributed by atoms with van der Waals surface area (Å²) >= 11 is 0. The minimum Gasteiger partial charge on any atom is -0.479 e. The highest BCUT2D eigenvalue weighted by atomic mass is 16.7. The van der Waals surface area contributed by atoms with Crippen molar-refractivity contribution in [2.75, 3.05) is 13.7 Å². The van der Waals surface area contributed by atoms with Crippen molar-refractivity contribution in [2.24, 2.45) is 5.41 Å². The van der Waals surface area contributed by atoms with Crippen molar-refractivity contribution in [3.8, 4) is 0 Å². The Morgan fingerprint density at radius 2 is 1.65 bits per heavy atom. The molecule has 0 aromatic carbocycles. The van der Waals surface area contributed by atoms with Gasteiger partial charge in [-0.15, -0.1) is 0 Å². The Balaban J connectivity index is 2.38. The van der Waals surface area contributed by atoms with Crippen LogP contribution in [0.15, 0.2) is 0 Å².